The van der Waals surface area contributed by atoms with Crippen molar-refractivity contribution >= 4 is 28.2 Å². The summed E-state index contributed by atoms with van der Waals surface area (Å²) >= 11 is 0. The number of fused-ring (bicyclic) bond motifs is 1. The number of benzene rings is 3. The quantitative estimate of drug-likeness (QED) is 0.168. The predicted molar refractivity (Wildman–Crippen MR) is 160 cm³/mol. The molecule has 2 unspecified atom stereocenters. The first kappa shape index (κ1) is 26.1. The van der Waals surface area contributed by atoms with Crippen molar-refractivity contribution in [2.24, 2.45) is 11.3 Å². The van der Waals surface area contributed by atoms with E-state index in [1.165, 1.54) is 38.6 Å². The molecule has 0 radical (unpaired) electrons. The number of hydrogen-bond acceptors (Lipinski definition) is 1. The van der Waals surface area contributed by atoms with Crippen molar-refractivity contribution in [3.8, 4) is 0 Å². The number of carbonyl (C=O) groups excluding carboxylic acids is 1. The zero-order chi connectivity index (χ0) is 26.3. The molecule has 37 heavy (non-hydrogen) atoms. The maximum Gasteiger partial charge on any atom is 0.146 e. The molecular weight excluding hydrogens is 448 g/mol. The topological polar surface area (TPSA) is 17.1 Å². The third-order valence-corrected chi connectivity index (χ3v) is 7.35. The van der Waals surface area contributed by atoms with Crippen molar-refractivity contribution in [3.63, 3.8) is 0 Å². The molecule has 0 spiro atoms. The zero-order valence-corrected chi connectivity index (χ0v) is 22.3. The SMILES string of the molecule is C/C=C\C=C(/c1ccc2ccccc2c1)c1ccccc1/C(=C/C=C\C)C1(C)CC1/C(C=O)=C\C=C/C. The van der Waals surface area contributed by atoms with E-state index in [4.69, 9.17) is 0 Å². The molecule has 0 amide bonds. The molecule has 186 valence electrons. The lowest BCUT2D eigenvalue weighted by molar-refractivity contribution is -0.105. The number of allylic oxidation sites excluding steroid dienone is 11. The molecule has 0 aliphatic heterocycles. The minimum atomic E-state index is -0.112. The number of carbonyl (C=O) groups is 1. The molecule has 1 heteroatoms. The predicted octanol–water partition coefficient (Wildman–Crippen LogP) is 9.53. The van der Waals surface area contributed by atoms with Gasteiger partial charge in [0.1, 0.15) is 6.29 Å². The maximum absolute atomic E-state index is 12.0. The van der Waals surface area contributed by atoms with Crippen molar-refractivity contribution < 1.29 is 4.79 Å². The van der Waals surface area contributed by atoms with Gasteiger partial charge in [0.15, 0.2) is 0 Å². The van der Waals surface area contributed by atoms with E-state index in [0.717, 1.165) is 18.3 Å². The summed E-state index contributed by atoms with van der Waals surface area (Å²) in [4.78, 5) is 12.0. The van der Waals surface area contributed by atoms with Crippen molar-refractivity contribution in [2.45, 2.75) is 34.1 Å². The Morgan fingerprint density at radius 1 is 0.757 bits per heavy atom. The molecule has 1 aliphatic carbocycles. The van der Waals surface area contributed by atoms with Crippen molar-refractivity contribution in [3.05, 3.63) is 144 Å². The lowest BCUT2D eigenvalue weighted by atomic mass is 9.82. The van der Waals surface area contributed by atoms with Crippen LogP contribution in [0.4, 0.5) is 0 Å². The van der Waals surface area contributed by atoms with Crippen molar-refractivity contribution in [1.29, 1.82) is 0 Å². The number of rotatable bonds is 9. The Kier molecular flexibility index (Phi) is 8.36. The fourth-order valence-electron chi connectivity index (χ4n) is 5.22. The van der Waals surface area contributed by atoms with Gasteiger partial charge in [-0.25, -0.2) is 0 Å². The molecule has 0 heterocycles. The highest BCUT2D eigenvalue weighted by molar-refractivity contribution is 5.94. The number of aldehydes is 1. The van der Waals surface area contributed by atoms with Crippen LogP contribution in [0.15, 0.2) is 127 Å². The van der Waals surface area contributed by atoms with Crippen LogP contribution >= 0.6 is 0 Å². The molecule has 3 aromatic rings. The zero-order valence-electron chi connectivity index (χ0n) is 22.3. The summed E-state index contributed by atoms with van der Waals surface area (Å²) in [5.41, 5.74) is 6.81. The molecule has 0 saturated heterocycles. The summed E-state index contributed by atoms with van der Waals surface area (Å²) in [5.74, 6) is 0.203. The van der Waals surface area contributed by atoms with Gasteiger partial charge in [-0.3, -0.25) is 4.79 Å². The van der Waals surface area contributed by atoms with E-state index in [9.17, 15) is 4.79 Å². The Morgan fingerprint density at radius 3 is 2.08 bits per heavy atom. The van der Waals surface area contributed by atoms with Gasteiger partial charge in [0.25, 0.3) is 0 Å². The highest BCUT2D eigenvalue weighted by atomic mass is 16.1. The summed E-state index contributed by atoms with van der Waals surface area (Å²) in [6.07, 6.45) is 20.7. The molecule has 2 atom stereocenters. The summed E-state index contributed by atoms with van der Waals surface area (Å²) in [6.45, 7) is 8.36. The van der Waals surface area contributed by atoms with Crippen LogP contribution in [0.25, 0.3) is 21.9 Å². The molecule has 1 fully saturated rings. The standard InChI is InChI=1S/C36H36O/c1-5-8-15-30(26-37)35-25-36(35,4)34(21-10-7-3)33-20-14-13-19-32(33)31(18-9-6-2)29-23-22-27-16-11-12-17-28(27)24-29/h5-24,26,35H,25H2,1-4H3/b8-5-,9-6-,10-7-,30-15-,31-18+,34-21-. The minimum Gasteiger partial charge on any atom is -0.298 e. The fraction of sp³-hybridized carbons (Fsp3) is 0.194. The van der Waals surface area contributed by atoms with E-state index in [-0.39, 0.29) is 11.3 Å². The van der Waals surface area contributed by atoms with Crippen LogP contribution in [-0.2, 0) is 4.79 Å². The first-order valence-corrected chi connectivity index (χ1v) is 13.1. The van der Waals surface area contributed by atoms with Crippen LogP contribution in [0.2, 0.25) is 0 Å². The van der Waals surface area contributed by atoms with E-state index < -0.39 is 0 Å². The molecule has 0 N–H and O–H groups in total. The maximum atomic E-state index is 12.0. The third-order valence-electron chi connectivity index (χ3n) is 7.35. The van der Waals surface area contributed by atoms with Crippen molar-refractivity contribution in [2.75, 3.05) is 0 Å². The van der Waals surface area contributed by atoms with E-state index in [0.29, 0.717) is 0 Å². The molecule has 3 aromatic carbocycles. The van der Waals surface area contributed by atoms with Crippen LogP contribution in [0.5, 0.6) is 0 Å². The third kappa shape index (κ3) is 5.57. The van der Waals surface area contributed by atoms with Gasteiger partial charge in [-0.2, -0.15) is 0 Å². The molecule has 0 bridgehead atoms. The van der Waals surface area contributed by atoms with Crippen LogP contribution < -0.4 is 0 Å². The average Bonchev–Trinajstić information content (AvgIpc) is 3.61. The second-order valence-corrected chi connectivity index (χ2v) is 9.80. The van der Waals surface area contributed by atoms with Gasteiger partial charge >= 0.3 is 0 Å². The van der Waals surface area contributed by atoms with Gasteiger partial charge in [-0.15, -0.1) is 0 Å². The largest absolute Gasteiger partial charge is 0.298 e. The Hall–Kier alpha value is -3.97. The molecule has 4 rings (SSSR count). The van der Waals surface area contributed by atoms with Gasteiger partial charge in [-0.05, 0) is 83.4 Å². The highest BCUT2D eigenvalue weighted by Crippen LogP contribution is 2.63. The van der Waals surface area contributed by atoms with Crippen molar-refractivity contribution in [1.82, 2.24) is 0 Å². The Balaban J connectivity index is 1.87. The molecular formula is C36H36O. The highest BCUT2D eigenvalue weighted by Gasteiger charge is 2.54. The Morgan fingerprint density at radius 2 is 1.38 bits per heavy atom. The van der Waals surface area contributed by atoms with E-state index >= 15 is 0 Å². The Labute approximate surface area is 221 Å². The van der Waals surface area contributed by atoms with E-state index in [1.54, 1.807) is 0 Å². The van der Waals surface area contributed by atoms with E-state index in [1.807, 2.05) is 39.0 Å². The molecule has 1 aliphatic rings. The van der Waals surface area contributed by atoms with Gasteiger partial charge < -0.3 is 0 Å². The van der Waals surface area contributed by atoms with Gasteiger partial charge in [0, 0.05) is 5.41 Å². The van der Waals surface area contributed by atoms with Gasteiger partial charge in [0.05, 0.1) is 0 Å². The van der Waals surface area contributed by atoms with Crippen LogP contribution in [0.3, 0.4) is 0 Å². The van der Waals surface area contributed by atoms with Crippen LogP contribution in [0, 0.1) is 11.3 Å². The minimum absolute atomic E-state index is 0.112. The average molecular weight is 485 g/mol. The summed E-state index contributed by atoms with van der Waals surface area (Å²) < 4.78 is 0. The van der Waals surface area contributed by atoms with E-state index in [2.05, 4.69) is 110 Å². The summed E-state index contributed by atoms with van der Waals surface area (Å²) in [5, 5.41) is 2.47. The normalized spacial score (nSPS) is 21.0. The lowest BCUT2D eigenvalue weighted by Crippen LogP contribution is -2.07. The first-order chi connectivity index (χ1) is 18.1. The van der Waals surface area contributed by atoms with Crippen LogP contribution in [-0.4, -0.2) is 6.29 Å². The number of hydrogen-bond donors (Lipinski definition) is 0. The van der Waals surface area contributed by atoms with Crippen LogP contribution in [0.1, 0.15) is 50.8 Å². The second-order valence-electron chi connectivity index (χ2n) is 9.80. The van der Waals surface area contributed by atoms with Gasteiger partial charge in [-0.1, -0.05) is 122 Å². The Bertz CT molecular complexity index is 1460. The second kappa shape index (κ2) is 11.8. The smallest absolute Gasteiger partial charge is 0.146 e. The molecule has 1 nitrogen and oxygen atoms in total. The summed E-state index contributed by atoms with van der Waals surface area (Å²) in [7, 11) is 0. The monoisotopic (exact) mass is 484 g/mol. The van der Waals surface area contributed by atoms with Gasteiger partial charge in [0.2, 0.25) is 0 Å². The molecule has 0 aromatic heterocycles. The first-order valence-electron chi connectivity index (χ1n) is 13.1. The summed E-state index contributed by atoms with van der Waals surface area (Å²) in [6, 6.07) is 23.9. The fourth-order valence-corrected chi connectivity index (χ4v) is 5.22. The molecule has 1 saturated carbocycles. The lowest BCUT2D eigenvalue weighted by Gasteiger charge is -2.22.